The molecule has 0 aliphatic carbocycles. The van der Waals surface area contributed by atoms with Crippen molar-refractivity contribution in [2.24, 2.45) is 5.92 Å². The highest BCUT2D eigenvalue weighted by atomic mass is 32.2. The number of nitrogens with one attached hydrogen (secondary N) is 2. The highest BCUT2D eigenvalue weighted by Gasteiger charge is 2.26. The molecule has 7 heteroatoms. The molecule has 1 aromatic rings. The van der Waals surface area contributed by atoms with Gasteiger partial charge in [-0.3, -0.25) is 0 Å². The Balaban J connectivity index is 1.99. The molecule has 0 atom stereocenters. The van der Waals surface area contributed by atoms with Gasteiger partial charge in [-0.05, 0) is 55.2 Å². The highest BCUT2D eigenvalue weighted by Crippen LogP contribution is 2.22. The van der Waals surface area contributed by atoms with Crippen LogP contribution in [0.5, 0.6) is 0 Å². The average Bonchev–Trinajstić information content (AvgIpc) is 3.00. The molecule has 5 nitrogen and oxygen atoms in total. The summed E-state index contributed by atoms with van der Waals surface area (Å²) in [7, 11) is -3.35. The molecule has 122 valence electrons. The van der Waals surface area contributed by atoms with E-state index in [2.05, 4.69) is 24.5 Å². The number of nitrogens with zero attached hydrogens (tertiary/aromatic N) is 1. The predicted octanol–water partition coefficient (Wildman–Crippen LogP) is 2.41. The molecule has 0 spiro atoms. The second kappa shape index (κ2) is 7.39. The Morgan fingerprint density at radius 3 is 2.36 bits per heavy atom. The minimum atomic E-state index is -3.35. The lowest BCUT2D eigenvalue weighted by Crippen LogP contribution is -2.31. The lowest BCUT2D eigenvalue weighted by molar-refractivity contribution is 0.477. The van der Waals surface area contributed by atoms with Gasteiger partial charge in [-0.15, -0.1) is 0 Å². The maximum absolute atomic E-state index is 12.4. The van der Waals surface area contributed by atoms with E-state index in [1.54, 1.807) is 28.6 Å². The van der Waals surface area contributed by atoms with Gasteiger partial charge in [0.25, 0.3) is 0 Å². The van der Waals surface area contributed by atoms with Crippen molar-refractivity contribution in [3.8, 4) is 0 Å². The smallest absolute Gasteiger partial charge is 0.243 e. The van der Waals surface area contributed by atoms with Gasteiger partial charge in [0.05, 0.1) is 4.90 Å². The molecule has 2 rings (SSSR count). The number of hydrogen-bond acceptors (Lipinski definition) is 3. The first-order chi connectivity index (χ1) is 10.4. The van der Waals surface area contributed by atoms with Crippen molar-refractivity contribution in [3.05, 3.63) is 24.3 Å². The van der Waals surface area contributed by atoms with Gasteiger partial charge in [-0.2, -0.15) is 4.31 Å². The molecule has 1 saturated heterocycles. The van der Waals surface area contributed by atoms with Gasteiger partial charge >= 0.3 is 0 Å². The standard InChI is InChI=1S/C15H23N3O2S2/c1-12(2)11-16-15(21)17-13-5-7-14(8-6-13)22(19,20)18-9-3-4-10-18/h5-8,12H,3-4,9-11H2,1-2H3,(H2,16,17,21). The Kier molecular flexibility index (Phi) is 5.77. The van der Waals surface area contributed by atoms with E-state index in [4.69, 9.17) is 12.2 Å². The zero-order valence-corrected chi connectivity index (χ0v) is 14.6. The van der Waals surface area contributed by atoms with Crippen molar-refractivity contribution in [2.45, 2.75) is 31.6 Å². The molecule has 1 fully saturated rings. The summed E-state index contributed by atoms with van der Waals surface area (Å²) in [5, 5.41) is 6.72. The molecule has 1 aliphatic heterocycles. The van der Waals surface area contributed by atoms with Crippen LogP contribution in [0.2, 0.25) is 0 Å². The first kappa shape index (κ1) is 17.2. The zero-order chi connectivity index (χ0) is 16.2. The SMILES string of the molecule is CC(C)CNC(=S)Nc1ccc(S(=O)(=O)N2CCCC2)cc1. The molecule has 22 heavy (non-hydrogen) atoms. The van der Waals surface area contributed by atoms with E-state index in [-0.39, 0.29) is 0 Å². The second-order valence-corrected chi connectivity index (χ2v) is 8.21. The number of benzene rings is 1. The summed E-state index contributed by atoms with van der Waals surface area (Å²) in [4.78, 5) is 0.334. The van der Waals surface area contributed by atoms with Gasteiger partial charge in [0, 0.05) is 25.3 Å². The molecule has 2 N–H and O–H groups in total. The summed E-state index contributed by atoms with van der Waals surface area (Å²) in [5.74, 6) is 0.507. The van der Waals surface area contributed by atoms with E-state index in [1.165, 1.54) is 0 Å². The summed E-state index contributed by atoms with van der Waals surface area (Å²) in [6.07, 6.45) is 1.88. The van der Waals surface area contributed by atoms with Crippen LogP contribution in [0.3, 0.4) is 0 Å². The van der Waals surface area contributed by atoms with Gasteiger partial charge in [0.15, 0.2) is 5.11 Å². The van der Waals surface area contributed by atoms with Crippen LogP contribution in [0.1, 0.15) is 26.7 Å². The summed E-state index contributed by atoms with van der Waals surface area (Å²) in [5.41, 5.74) is 0.779. The van der Waals surface area contributed by atoms with Crippen LogP contribution < -0.4 is 10.6 Å². The van der Waals surface area contributed by atoms with Gasteiger partial charge < -0.3 is 10.6 Å². The second-order valence-electron chi connectivity index (χ2n) is 5.86. The van der Waals surface area contributed by atoms with Crippen molar-refractivity contribution in [1.82, 2.24) is 9.62 Å². The topological polar surface area (TPSA) is 61.4 Å². The molecule has 1 aliphatic rings. The Bertz CT molecular complexity index is 606. The van der Waals surface area contributed by atoms with Crippen molar-refractivity contribution in [2.75, 3.05) is 25.0 Å². The van der Waals surface area contributed by atoms with Crippen LogP contribution in [0, 0.1) is 5.92 Å². The monoisotopic (exact) mass is 341 g/mol. The van der Waals surface area contributed by atoms with E-state index in [9.17, 15) is 8.42 Å². The largest absolute Gasteiger partial charge is 0.362 e. The van der Waals surface area contributed by atoms with Crippen LogP contribution in [0.25, 0.3) is 0 Å². The van der Waals surface area contributed by atoms with Crippen LogP contribution in [0.15, 0.2) is 29.2 Å². The van der Waals surface area contributed by atoms with Crippen molar-refractivity contribution < 1.29 is 8.42 Å². The third kappa shape index (κ3) is 4.41. The van der Waals surface area contributed by atoms with Crippen molar-refractivity contribution in [1.29, 1.82) is 0 Å². The normalized spacial score (nSPS) is 16.0. The van der Waals surface area contributed by atoms with Crippen LogP contribution >= 0.6 is 12.2 Å². The fourth-order valence-electron chi connectivity index (χ4n) is 2.26. The van der Waals surface area contributed by atoms with E-state index >= 15 is 0 Å². The summed E-state index contributed by atoms with van der Waals surface area (Å²) in [6, 6.07) is 6.74. The van der Waals surface area contributed by atoms with Crippen LogP contribution in [-0.4, -0.2) is 37.5 Å². The molecule has 0 bridgehead atoms. The molecular formula is C15H23N3O2S2. The maximum Gasteiger partial charge on any atom is 0.243 e. The molecule has 1 aromatic carbocycles. The fourth-order valence-corrected chi connectivity index (χ4v) is 3.98. The van der Waals surface area contributed by atoms with E-state index < -0.39 is 10.0 Å². The van der Waals surface area contributed by atoms with Gasteiger partial charge in [-0.25, -0.2) is 8.42 Å². The van der Waals surface area contributed by atoms with Gasteiger partial charge in [-0.1, -0.05) is 13.8 Å². The first-order valence-electron chi connectivity index (χ1n) is 7.54. The molecule has 0 aromatic heterocycles. The van der Waals surface area contributed by atoms with E-state index in [0.29, 0.717) is 29.0 Å². The highest BCUT2D eigenvalue weighted by molar-refractivity contribution is 7.89. The molecule has 0 amide bonds. The van der Waals surface area contributed by atoms with E-state index in [0.717, 1.165) is 25.1 Å². The predicted molar refractivity (Wildman–Crippen MR) is 93.5 cm³/mol. The average molecular weight is 342 g/mol. The van der Waals surface area contributed by atoms with Gasteiger partial charge in [0.2, 0.25) is 10.0 Å². The summed E-state index contributed by atoms with van der Waals surface area (Å²) >= 11 is 5.20. The zero-order valence-electron chi connectivity index (χ0n) is 13.0. The fraction of sp³-hybridized carbons (Fsp3) is 0.533. The summed E-state index contributed by atoms with van der Waals surface area (Å²) in [6.45, 7) is 6.24. The molecule has 0 radical (unpaired) electrons. The van der Waals surface area contributed by atoms with Crippen molar-refractivity contribution in [3.63, 3.8) is 0 Å². The van der Waals surface area contributed by atoms with Gasteiger partial charge in [0.1, 0.15) is 0 Å². The van der Waals surface area contributed by atoms with Crippen LogP contribution in [-0.2, 0) is 10.0 Å². The Labute approximate surface area is 138 Å². The number of hydrogen-bond donors (Lipinski definition) is 2. The third-order valence-corrected chi connectivity index (χ3v) is 5.65. The Morgan fingerprint density at radius 2 is 1.82 bits per heavy atom. The number of rotatable bonds is 5. The summed E-state index contributed by atoms with van der Waals surface area (Å²) < 4.78 is 26.4. The number of thiocarbonyl (C=S) groups is 1. The molecule has 0 saturated carbocycles. The minimum Gasteiger partial charge on any atom is -0.362 e. The van der Waals surface area contributed by atoms with Crippen LogP contribution in [0.4, 0.5) is 5.69 Å². The minimum absolute atomic E-state index is 0.334. The number of anilines is 1. The first-order valence-corrected chi connectivity index (χ1v) is 9.39. The molecular weight excluding hydrogens is 318 g/mol. The molecule has 1 heterocycles. The Morgan fingerprint density at radius 1 is 1.23 bits per heavy atom. The molecule has 0 unspecified atom stereocenters. The lowest BCUT2D eigenvalue weighted by atomic mass is 10.2. The Hall–Kier alpha value is -1.18. The van der Waals surface area contributed by atoms with Crippen molar-refractivity contribution >= 4 is 33.0 Å². The maximum atomic E-state index is 12.4. The quantitative estimate of drug-likeness (QED) is 0.806. The number of sulfonamides is 1. The third-order valence-electron chi connectivity index (χ3n) is 3.49. The lowest BCUT2D eigenvalue weighted by Gasteiger charge is -2.16. The van der Waals surface area contributed by atoms with E-state index in [1.807, 2.05) is 0 Å².